The number of carbonyl (C=O) groups excluding carboxylic acids is 2. The van der Waals surface area contributed by atoms with Crippen LogP contribution in [0.5, 0.6) is 0 Å². The van der Waals surface area contributed by atoms with Gasteiger partial charge in [-0.1, -0.05) is 0 Å². The molecule has 0 spiro atoms. The Morgan fingerprint density at radius 2 is 2.24 bits per heavy atom. The number of aliphatic hydroxyl groups excluding tert-OH is 1. The molecule has 96 valence electrons. The van der Waals surface area contributed by atoms with Gasteiger partial charge in [0.15, 0.2) is 0 Å². The lowest BCUT2D eigenvalue weighted by atomic mass is 10.1. The molecule has 2 aliphatic rings. The number of fused-ring (bicyclic) bond motifs is 1. The first-order valence-corrected chi connectivity index (χ1v) is 6.08. The van der Waals surface area contributed by atoms with Gasteiger partial charge in [0.25, 0.3) is 0 Å². The van der Waals surface area contributed by atoms with E-state index in [0.29, 0.717) is 26.1 Å². The van der Waals surface area contributed by atoms with Crippen molar-refractivity contribution in [1.82, 2.24) is 15.1 Å². The quantitative estimate of drug-likeness (QED) is 0.584. The molecule has 0 aromatic rings. The molecule has 0 bridgehead atoms. The van der Waals surface area contributed by atoms with Gasteiger partial charge in [0.1, 0.15) is 0 Å². The highest BCUT2D eigenvalue weighted by Crippen LogP contribution is 2.14. The molecule has 2 saturated heterocycles. The van der Waals surface area contributed by atoms with Crippen LogP contribution in [0.2, 0.25) is 0 Å². The van der Waals surface area contributed by atoms with Gasteiger partial charge < -0.3 is 20.2 Å². The predicted octanol–water partition coefficient (Wildman–Crippen LogP) is -1.60. The van der Waals surface area contributed by atoms with E-state index >= 15 is 0 Å². The maximum absolute atomic E-state index is 11.9. The molecule has 2 N–H and O–H groups in total. The van der Waals surface area contributed by atoms with Crippen molar-refractivity contribution in [3.8, 4) is 0 Å². The molecule has 0 aromatic heterocycles. The second-order valence-corrected chi connectivity index (χ2v) is 4.75. The van der Waals surface area contributed by atoms with Crippen LogP contribution in [0.4, 0.5) is 0 Å². The third kappa shape index (κ3) is 2.58. The average Bonchev–Trinajstić information content (AvgIpc) is 2.32. The highest BCUT2D eigenvalue weighted by molar-refractivity contribution is 6.35. The third-order valence-corrected chi connectivity index (χ3v) is 3.33. The highest BCUT2D eigenvalue weighted by atomic mass is 16.3. The Hall–Kier alpha value is -1.14. The predicted molar refractivity (Wildman–Crippen MR) is 61.2 cm³/mol. The molecule has 6 heteroatoms. The lowest BCUT2D eigenvalue weighted by molar-refractivity contribution is -0.160. The van der Waals surface area contributed by atoms with E-state index < -0.39 is 17.9 Å². The first-order chi connectivity index (χ1) is 8.09. The summed E-state index contributed by atoms with van der Waals surface area (Å²) in [6.07, 6.45) is 0.0690. The molecule has 2 unspecified atom stereocenters. The molecule has 17 heavy (non-hydrogen) atoms. The lowest BCUT2D eigenvalue weighted by Gasteiger charge is -2.43. The Morgan fingerprint density at radius 3 is 2.94 bits per heavy atom. The van der Waals surface area contributed by atoms with Gasteiger partial charge >= 0.3 is 11.8 Å². The number of carbonyl (C=O) groups is 2. The molecule has 2 heterocycles. The number of piperazine rings is 2. The van der Waals surface area contributed by atoms with E-state index in [-0.39, 0.29) is 6.04 Å². The molecular weight excluding hydrogens is 222 g/mol. The first-order valence-electron chi connectivity index (χ1n) is 6.08. The highest BCUT2D eigenvalue weighted by Gasteiger charge is 2.39. The molecule has 2 rings (SSSR count). The van der Waals surface area contributed by atoms with Gasteiger partial charge in [-0.05, 0) is 13.3 Å². The lowest BCUT2D eigenvalue weighted by Crippen LogP contribution is -2.65. The standard InChI is InChI=1S/C11H19N3O3/c1-8(15)2-4-13-7-9-6-12-3-5-14(9)11(17)10(13)16/h8-9,12,15H,2-7H2,1H3. The number of rotatable bonds is 3. The summed E-state index contributed by atoms with van der Waals surface area (Å²) in [6, 6.07) is 0.0861. The largest absolute Gasteiger partial charge is 0.393 e. The van der Waals surface area contributed by atoms with Crippen LogP contribution in [0, 0.1) is 0 Å². The first kappa shape index (κ1) is 12.3. The number of nitrogens with one attached hydrogen (secondary N) is 1. The number of hydrogen-bond acceptors (Lipinski definition) is 4. The van der Waals surface area contributed by atoms with E-state index in [1.165, 1.54) is 0 Å². The number of aliphatic hydroxyl groups is 1. The van der Waals surface area contributed by atoms with Crippen LogP contribution in [0.1, 0.15) is 13.3 Å². The minimum Gasteiger partial charge on any atom is -0.393 e. The molecule has 0 radical (unpaired) electrons. The van der Waals surface area contributed by atoms with Crippen molar-refractivity contribution >= 4 is 11.8 Å². The van der Waals surface area contributed by atoms with E-state index in [9.17, 15) is 14.7 Å². The molecule has 0 saturated carbocycles. The average molecular weight is 241 g/mol. The molecule has 2 amide bonds. The third-order valence-electron chi connectivity index (χ3n) is 3.33. The fraction of sp³-hybridized carbons (Fsp3) is 0.818. The maximum atomic E-state index is 11.9. The fourth-order valence-corrected chi connectivity index (χ4v) is 2.32. The van der Waals surface area contributed by atoms with E-state index in [4.69, 9.17) is 0 Å². The summed E-state index contributed by atoms with van der Waals surface area (Å²) in [5.41, 5.74) is 0. The summed E-state index contributed by atoms with van der Waals surface area (Å²) in [5, 5.41) is 12.4. The van der Waals surface area contributed by atoms with Gasteiger partial charge in [0, 0.05) is 32.7 Å². The molecule has 0 aromatic carbocycles. The van der Waals surface area contributed by atoms with Crippen molar-refractivity contribution in [2.24, 2.45) is 0 Å². The zero-order valence-corrected chi connectivity index (χ0v) is 10.1. The van der Waals surface area contributed by atoms with Crippen LogP contribution >= 0.6 is 0 Å². The molecule has 2 atom stereocenters. The van der Waals surface area contributed by atoms with Crippen molar-refractivity contribution < 1.29 is 14.7 Å². The van der Waals surface area contributed by atoms with Gasteiger partial charge in [-0.3, -0.25) is 9.59 Å². The molecule has 2 fully saturated rings. The van der Waals surface area contributed by atoms with E-state index in [1.54, 1.807) is 16.7 Å². The van der Waals surface area contributed by atoms with E-state index in [2.05, 4.69) is 5.32 Å². The fourth-order valence-electron chi connectivity index (χ4n) is 2.32. The SMILES string of the molecule is CC(O)CCN1CC2CNCCN2C(=O)C1=O. The van der Waals surface area contributed by atoms with Crippen LogP contribution in [0.25, 0.3) is 0 Å². The van der Waals surface area contributed by atoms with Gasteiger partial charge in [-0.15, -0.1) is 0 Å². The second-order valence-electron chi connectivity index (χ2n) is 4.75. The summed E-state index contributed by atoms with van der Waals surface area (Å²) in [6.45, 7) is 4.81. The summed E-state index contributed by atoms with van der Waals surface area (Å²) in [5.74, 6) is -0.822. The molecular formula is C11H19N3O3. The number of amides is 2. The Balaban J connectivity index is 2.00. The topological polar surface area (TPSA) is 72.9 Å². The Labute approximate surface area is 101 Å². The zero-order valence-electron chi connectivity index (χ0n) is 10.1. The van der Waals surface area contributed by atoms with Crippen LogP contribution < -0.4 is 5.32 Å². The minimum absolute atomic E-state index is 0.0861. The van der Waals surface area contributed by atoms with Crippen molar-refractivity contribution in [3.05, 3.63) is 0 Å². The van der Waals surface area contributed by atoms with Crippen molar-refractivity contribution in [2.75, 3.05) is 32.7 Å². The van der Waals surface area contributed by atoms with Crippen LogP contribution in [0.15, 0.2) is 0 Å². The molecule has 6 nitrogen and oxygen atoms in total. The van der Waals surface area contributed by atoms with Crippen molar-refractivity contribution in [1.29, 1.82) is 0 Å². The monoisotopic (exact) mass is 241 g/mol. The van der Waals surface area contributed by atoms with Gasteiger partial charge in [0.2, 0.25) is 0 Å². The summed E-state index contributed by atoms with van der Waals surface area (Å²) < 4.78 is 0. The van der Waals surface area contributed by atoms with Gasteiger partial charge in [-0.2, -0.15) is 0 Å². The Morgan fingerprint density at radius 1 is 1.47 bits per heavy atom. The maximum Gasteiger partial charge on any atom is 0.312 e. The second kappa shape index (κ2) is 5.01. The van der Waals surface area contributed by atoms with Crippen LogP contribution in [-0.4, -0.2) is 71.6 Å². The normalized spacial score (nSPS) is 27.1. The number of hydrogen-bond donors (Lipinski definition) is 2. The van der Waals surface area contributed by atoms with Crippen molar-refractivity contribution in [2.45, 2.75) is 25.5 Å². The summed E-state index contributed by atoms with van der Waals surface area (Å²) >= 11 is 0. The summed E-state index contributed by atoms with van der Waals surface area (Å²) in [4.78, 5) is 26.9. The smallest absolute Gasteiger partial charge is 0.312 e. The Bertz CT molecular complexity index is 319. The molecule has 2 aliphatic heterocycles. The number of nitrogens with zero attached hydrogens (tertiary/aromatic N) is 2. The van der Waals surface area contributed by atoms with Crippen LogP contribution in [0.3, 0.4) is 0 Å². The van der Waals surface area contributed by atoms with Gasteiger partial charge in [-0.25, -0.2) is 0 Å². The Kier molecular flexibility index (Phi) is 3.63. The zero-order chi connectivity index (χ0) is 12.4. The van der Waals surface area contributed by atoms with Crippen molar-refractivity contribution in [3.63, 3.8) is 0 Å². The van der Waals surface area contributed by atoms with E-state index in [1.807, 2.05) is 0 Å². The van der Waals surface area contributed by atoms with E-state index in [0.717, 1.165) is 13.1 Å². The minimum atomic E-state index is -0.444. The van der Waals surface area contributed by atoms with Gasteiger partial charge in [0.05, 0.1) is 12.1 Å². The van der Waals surface area contributed by atoms with Crippen LogP contribution in [-0.2, 0) is 9.59 Å². The molecule has 0 aliphatic carbocycles. The summed E-state index contributed by atoms with van der Waals surface area (Å²) in [7, 11) is 0.